The molecule has 0 aliphatic carbocycles. The standard InChI is InChI=1S/C29H32BrClFN5O.H2/c30-24-6-4-21(5-7-24)20-35-10-8-26(9-11-35)36-12-14-37(15-13-36)28-27(31)17-23(19-33-28)29(38)34-18-22-2-1-3-25(32)16-22;/h1-7,16-17,19,26H,8-15,18,20H2,(H,34,38);1H. The first-order chi connectivity index (χ1) is 18.4. The van der Waals surface area contributed by atoms with E-state index in [9.17, 15) is 9.18 Å². The first-order valence-electron chi connectivity index (χ1n) is 13.1. The summed E-state index contributed by atoms with van der Waals surface area (Å²) >= 11 is 10.1. The maximum absolute atomic E-state index is 13.4. The van der Waals surface area contributed by atoms with Gasteiger partial charge in [-0.15, -0.1) is 0 Å². The lowest BCUT2D eigenvalue weighted by molar-refractivity contribution is 0.0950. The van der Waals surface area contributed by atoms with Gasteiger partial charge in [0.15, 0.2) is 0 Å². The second-order valence-corrected chi connectivity index (χ2v) is 11.3. The summed E-state index contributed by atoms with van der Waals surface area (Å²) in [7, 11) is 0. The summed E-state index contributed by atoms with van der Waals surface area (Å²) < 4.78 is 14.5. The number of nitrogens with zero attached hydrogens (tertiary/aromatic N) is 4. The molecule has 6 nitrogen and oxygen atoms in total. The molecule has 5 rings (SSSR count). The fourth-order valence-corrected chi connectivity index (χ4v) is 5.86. The van der Waals surface area contributed by atoms with Crippen LogP contribution in [-0.4, -0.2) is 66.0 Å². The third kappa shape index (κ3) is 6.91. The Hall–Kier alpha value is -2.52. The molecule has 202 valence electrons. The Labute approximate surface area is 238 Å². The van der Waals surface area contributed by atoms with Crippen molar-refractivity contribution < 1.29 is 10.6 Å². The van der Waals surface area contributed by atoms with E-state index in [1.54, 1.807) is 24.4 Å². The van der Waals surface area contributed by atoms with Crippen molar-refractivity contribution in [1.29, 1.82) is 0 Å². The maximum atomic E-state index is 13.4. The summed E-state index contributed by atoms with van der Waals surface area (Å²) in [5, 5.41) is 3.27. The molecule has 2 aliphatic rings. The molecule has 0 unspecified atom stereocenters. The summed E-state index contributed by atoms with van der Waals surface area (Å²) in [5.41, 5.74) is 2.45. The fraction of sp³-hybridized carbons (Fsp3) is 0.379. The molecular formula is C29H34BrClFN5O. The second kappa shape index (κ2) is 12.6. The van der Waals surface area contributed by atoms with Gasteiger partial charge in [0.05, 0.1) is 10.6 Å². The average molecular weight is 603 g/mol. The fourth-order valence-electron chi connectivity index (χ4n) is 5.31. The van der Waals surface area contributed by atoms with Gasteiger partial charge in [-0.2, -0.15) is 0 Å². The Morgan fingerprint density at radius 2 is 1.76 bits per heavy atom. The highest BCUT2D eigenvalue weighted by atomic mass is 79.9. The smallest absolute Gasteiger partial charge is 0.253 e. The molecule has 3 heterocycles. The largest absolute Gasteiger partial charge is 0.353 e. The number of nitrogens with one attached hydrogen (secondary N) is 1. The molecule has 3 aromatic rings. The number of benzene rings is 2. The zero-order chi connectivity index (χ0) is 26.5. The van der Waals surface area contributed by atoms with Crippen LogP contribution >= 0.6 is 27.5 Å². The predicted molar refractivity (Wildman–Crippen MR) is 155 cm³/mol. The minimum atomic E-state index is -0.326. The van der Waals surface area contributed by atoms with Crippen LogP contribution in [0.1, 0.15) is 35.8 Å². The van der Waals surface area contributed by atoms with Gasteiger partial charge in [-0.1, -0.05) is 51.8 Å². The molecule has 0 radical (unpaired) electrons. The number of hydrogen-bond acceptors (Lipinski definition) is 5. The van der Waals surface area contributed by atoms with Crippen molar-refractivity contribution in [1.82, 2.24) is 20.1 Å². The van der Waals surface area contributed by atoms with Gasteiger partial charge >= 0.3 is 0 Å². The van der Waals surface area contributed by atoms with Crippen LogP contribution in [0.25, 0.3) is 0 Å². The number of carbonyl (C=O) groups is 1. The van der Waals surface area contributed by atoms with E-state index in [4.69, 9.17) is 11.6 Å². The summed E-state index contributed by atoms with van der Waals surface area (Å²) in [5.74, 6) is 0.108. The molecule has 1 N–H and O–H groups in total. The number of hydrogen-bond donors (Lipinski definition) is 1. The SMILES string of the molecule is O=C(NCc1cccc(F)c1)c1cnc(N2CCN(C3CCN(Cc4ccc(Br)cc4)CC3)CC2)c(Cl)c1.[HH]. The van der Waals surface area contributed by atoms with Crippen LogP contribution in [0.2, 0.25) is 5.02 Å². The Kier molecular flexibility index (Phi) is 8.94. The van der Waals surface area contributed by atoms with Crippen LogP contribution in [0.5, 0.6) is 0 Å². The molecule has 38 heavy (non-hydrogen) atoms. The van der Waals surface area contributed by atoms with Gasteiger partial charge in [-0.25, -0.2) is 9.37 Å². The number of rotatable bonds is 7. The van der Waals surface area contributed by atoms with Gasteiger partial charge in [0.2, 0.25) is 0 Å². The molecule has 2 saturated heterocycles. The summed E-state index contributed by atoms with van der Waals surface area (Å²) in [6.07, 6.45) is 3.94. The first-order valence-corrected chi connectivity index (χ1v) is 14.3. The van der Waals surface area contributed by atoms with Crippen LogP contribution in [0.4, 0.5) is 10.2 Å². The molecule has 0 saturated carbocycles. The molecular weight excluding hydrogens is 569 g/mol. The van der Waals surface area contributed by atoms with E-state index in [1.165, 1.54) is 30.5 Å². The lowest BCUT2D eigenvalue weighted by Crippen LogP contribution is -2.53. The highest BCUT2D eigenvalue weighted by molar-refractivity contribution is 9.10. The normalized spacial score (nSPS) is 17.5. The molecule has 2 fully saturated rings. The number of halogens is 3. The molecule has 1 amide bonds. The van der Waals surface area contributed by atoms with Crippen LogP contribution in [0.3, 0.4) is 0 Å². The number of pyridine rings is 1. The lowest BCUT2D eigenvalue weighted by atomic mass is 10.0. The minimum Gasteiger partial charge on any atom is -0.353 e. The number of aromatic nitrogens is 1. The van der Waals surface area contributed by atoms with Crippen molar-refractivity contribution in [2.24, 2.45) is 0 Å². The summed E-state index contributed by atoms with van der Waals surface area (Å²) in [6.45, 7) is 7.16. The van der Waals surface area contributed by atoms with Crippen molar-refractivity contribution in [3.05, 3.63) is 92.8 Å². The summed E-state index contributed by atoms with van der Waals surface area (Å²) in [6, 6.07) is 17.1. The number of amides is 1. The van der Waals surface area contributed by atoms with Crippen molar-refractivity contribution in [2.45, 2.75) is 32.0 Å². The van der Waals surface area contributed by atoms with Gasteiger partial charge in [-0.3, -0.25) is 14.6 Å². The molecule has 2 aromatic carbocycles. The Bertz CT molecular complexity index is 1250. The number of piperazine rings is 1. The van der Waals surface area contributed by atoms with Crippen molar-refractivity contribution in [2.75, 3.05) is 44.2 Å². The zero-order valence-electron chi connectivity index (χ0n) is 21.3. The predicted octanol–water partition coefficient (Wildman–Crippen LogP) is 5.60. The van der Waals surface area contributed by atoms with Crippen LogP contribution in [0, 0.1) is 5.82 Å². The van der Waals surface area contributed by atoms with Crippen LogP contribution < -0.4 is 10.2 Å². The summed E-state index contributed by atoms with van der Waals surface area (Å²) in [4.78, 5) is 24.5. The Balaban J connectivity index is 0.00000353. The second-order valence-electron chi connectivity index (χ2n) is 10.00. The first kappa shape index (κ1) is 27.1. The van der Waals surface area contributed by atoms with E-state index >= 15 is 0 Å². The molecule has 0 spiro atoms. The number of carbonyl (C=O) groups excluding carboxylic acids is 1. The minimum absolute atomic E-state index is 0. The van der Waals surface area contributed by atoms with E-state index in [0.29, 0.717) is 22.2 Å². The Morgan fingerprint density at radius 1 is 1.03 bits per heavy atom. The van der Waals surface area contributed by atoms with Gasteiger partial charge in [0.25, 0.3) is 5.91 Å². The van der Waals surface area contributed by atoms with E-state index in [1.807, 2.05) is 0 Å². The average Bonchev–Trinajstić information content (AvgIpc) is 2.93. The Morgan fingerprint density at radius 3 is 2.45 bits per heavy atom. The monoisotopic (exact) mass is 601 g/mol. The molecule has 0 bridgehead atoms. The van der Waals surface area contributed by atoms with Gasteiger partial charge < -0.3 is 10.2 Å². The third-order valence-electron chi connectivity index (χ3n) is 7.43. The highest BCUT2D eigenvalue weighted by Gasteiger charge is 2.28. The third-order valence-corrected chi connectivity index (χ3v) is 8.24. The van der Waals surface area contributed by atoms with Gasteiger partial charge in [-0.05, 0) is 67.4 Å². The molecule has 2 aliphatic heterocycles. The maximum Gasteiger partial charge on any atom is 0.253 e. The topological polar surface area (TPSA) is 51.7 Å². The lowest BCUT2D eigenvalue weighted by Gasteiger charge is -2.43. The van der Waals surface area contributed by atoms with Crippen LogP contribution in [0.15, 0.2) is 65.3 Å². The molecule has 1 aromatic heterocycles. The van der Waals surface area contributed by atoms with Gasteiger partial charge in [0, 0.05) is 57.4 Å². The van der Waals surface area contributed by atoms with E-state index in [-0.39, 0.29) is 19.7 Å². The van der Waals surface area contributed by atoms with E-state index in [0.717, 1.165) is 56.1 Å². The number of piperidine rings is 1. The van der Waals surface area contributed by atoms with Crippen LogP contribution in [-0.2, 0) is 13.1 Å². The van der Waals surface area contributed by atoms with Gasteiger partial charge in [0.1, 0.15) is 11.6 Å². The zero-order valence-corrected chi connectivity index (χ0v) is 23.6. The number of likely N-dealkylation sites (tertiary alicyclic amines) is 1. The molecule has 0 atom stereocenters. The van der Waals surface area contributed by atoms with Crippen molar-refractivity contribution in [3.63, 3.8) is 0 Å². The van der Waals surface area contributed by atoms with E-state index in [2.05, 4.69) is 65.2 Å². The van der Waals surface area contributed by atoms with Crippen molar-refractivity contribution in [3.8, 4) is 0 Å². The quantitative estimate of drug-likeness (QED) is 0.382. The highest BCUT2D eigenvalue weighted by Crippen LogP contribution is 2.27. The van der Waals surface area contributed by atoms with E-state index < -0.39 is 0 Å². The van der Waals surface area contributed by atoms with Crippen molar-refractivity contribution >= 4 is 39.3 Å². The molecule has 9 heteroatoms. The number of anilines is 1.